The monoisotopic (exact) mass is 572 g/mol. The smallest absolute Gasteiger partial charge is 0.187 e. The number of carbonyl (C=O) groups is 3. The van der Waals surface area contributed by atoms with Gasteiger partial charge in [-0.25, -0.2) is 0 Å². The van der Waals surface area contributed by atoms with Gasteiger partial charge in [0.05, 0.1) is 33.6 Å². The summed E-state index contributed by atoms with van der Waals surface area (Å²) in [6.45, 7) is 0. The molecular weight excluding hydrogens is 544 g/mol. The molecule has 2 heterocycles. The first kappa shape index (κ1) is 26.6. The SMILES string of the molecule is COc1ccc(C(=O)C2C(c3ccc(OC)c(OC)c3)C3(C(=O)c4ccccc4C3=O)C3c4ccccc4C=NN23)cc1. The van der Waals surface area contributed by atoms with Gasteiger partial charge in [-0.05, 0) is 53.1 Å². The summed E-state index contributed by atoms with van der Waals surface area (Å²) in [5.74, 6) is -0.297. The van der Waals surface area contributed by atoms with Gasteiger partial charge in [0.1, 0.15) is 17.2 Å². The third-order valence-corrected chi connectivity index (χ3v) is 8.99. The van der Waals surface area contributed by atoms with Crippen molar-refractivity contribution in [1.82, 2.24) is 5.01 Å². The van der Waals surface area contributed by atoms with Gasteiger partial charge in [-0.1, -0.05) is 54.6 Å². The molecule has 1 saturated heterocycles. The lowest BCUT2D eigenvalue weighted by Crippen LogP contribution is -2.43. The molecular formula is C35H28N2O6. The van der Waals surface area contributed by atoms with E-state index in [1.807, 2.05) is 24.3 Å². The Labute approximate surface area is 248 Å². The molecule has 0 saturated carbocycles. The van der Waals surface area contributed by atoms with Crippen molar-refractivity contribution in [2.24, 2.45) is 10.5 Å². The van der Waals surface area contributed by atoms with Crippen LogP contribution in [0.25, 0.3) is 0 Å². The molecule has 4 aromatic rings. The molecule has 4 aromatic carbocycles. The van der Waals surface area contributed by atoms with E-state index in [4.69, 9.17) is 19.3 Å². The number of Topliss-reactive ketones (excluding diaryl/α,β-unsaturated/α-hetero) is 3. The fourth-order valence-corrected chi connectivity index (χ4v) is 7.12. The van der Waals surface area contributed by atoms with E-state index in [2.05, 4.69) is 0 Å². The standard InChI is InChI=1S/C35H28N2O6/c1-41-23-15-12-20(13-16-23)31(38)30-29(21-14-17-27(42-2)28(18-21)43-3)35(33(39)25-10-6-7-11-26(25)34(35)40)32-24-9-5-4-8-22(24)19-36-37(30)32/h4-19,29-30,32H,1-3H3. The van der Waals surface area contributed by atoms with E-state index in [0.717, 1.165) is 11.1 Å². The zero-order valence-corrected chi connectivity index (χ0v) is 23.8. The maximum Gasteiger partial charge on any atom is 0.187 e. The first-order chi connectivity index (χ1) is 20.9. The predicted molar refractivity (Wildman–Crippen MR) is 160 cm³/mol. The number of hydrogen-bond donors (Lipinski definition) is 0. The van der Waals surface area contributed by atoms with Gasteiger partial charge in [0.25, 0.3) is 0 Å². The van der Waals surface area contributed by atoms with Crippen LogP contribution in [0.2, 0.25) is 0 Å². The summed E-state index contributed by atoms with van der Waals surface area (Å²) in [5.41, 5.74) is 1.60. The first-order valence-electron chi connectivity index (χ1n) is 14.0. The molecule has 3 unspecified atom stereocenters. The first-order valence-corrected chi connectivity index (χ1v) is 14.0. The van der Waals surface area contributed by atoms with Gasteiger partial charge in [0.2, 0.25) is 0 Å². The van der Waals surface area contributed by atoms with Gasteiger partial charge in [-0.2, -0.15) is 5.10 Å². The summed E-state index contributed by atoms with van der Waals surface area (Å²) in [4.78, 5) is 44.4. The molecule has 0 bridgehead atoms. The van der Waals surface area contributed by atoms with E-state index < -0.39 is 23.4 Å². The molecule has 7 rings (SSSR count). The minimum Gasteiger partial charge on any atom is -0.497 e. The topological polar surface area (TPSA) is 94.5 Å². The minimum absolute atomic E-state index is 0.266. The van der Waals surface area contributed by atoms with Crippen LogP contribution < -0.4 is 14.2 Å². The summed E-state index contributed by atoms with van der Waals surface area (Å²) >= 11 is 0. The molecule has 8 nitrogen and oxygen atoms in total. The Hall–Kier alpha value is -5.24. The highest BCUT2D eigenvalue weighted by atomic mass is 16.5. The van der Waals surface area contributed by atoms with Gasteiger partial charge in [0, 0.05) is 22.6 Å². The van der Waals surface area contributed by atoms with Crippen molar-refractivity contribution < 1.29 is 28.6 Å². The van der Waals surface area contributed by atoms with Crippen LogP contribution in [0.1, 0.15) is 59.7 Å². The zero-order chi connectivity index (χ0) is 29.9. The van der Waals surface area contributed by atoms with Crippen LogP contribution in [-0.2, 0) is 0 Å². The molecule has 2 aliphatic heterocycles. The van der Waals surface area contributed by atoms with Crippen molar-refractivity contribution in [2.75, 3.05) is 21.3 Å². The number of benzene rings is 4. The van der Waals surface area contributed by atoms with E-state index >= 15 is 0 Å². The molecule has 8 heteroatoms. The highest BCUT2D eigenvalue weighted by Gasteiger charge is 2.72. The van der Waals surface area contributed by atoms with Gasteiger partial charge in [-0.3, -0.25) is 19.4 Å². The number of ketones is 3. The van der Waals surface area contributed by atoms with Crippen molar-refractivity contribution in [3.05, 3.63) is 124 Å². The molecule has 3 atom stereocenters. The summed E-state index contributed by atoms with van der Waals surface area (Å²) in [6.07, 6.45) is 1.70. The summed E-state index contributed by atoms with van der Waals surface area (Å²) < 4.78 is 16.5. The number of nitrogens with zero attached hydrogens (tertiary/aromatic N) is 2. The third kappa shape index (κ3) is 3.62. The Morgan fingerprint density at radius 2 is 1.42 bits per heavy atom. The van der Waals surface area contributed by atoms with Crippen molar-refractivity contribution in [3.63, 3.8) is 0 Å². The normalized spacial score (nSPS) is 20.9. The second kappa shape index (κ2) is 9.94. The average Bonchev–Trinajstić information content (AvgIpc) is 3.50. The fourth-order valence-electron chi connectivity index (χ4n) is 7.12. The van der Waals surface area contributed by atoms with E-state index in [0.29, 0.717) is 39.5 Å². The van der Waals surface area contributed by atoms with Gasteiger partial charge >= 0.3 is 0 Å². The molecule has 0 radical (unpaired) electrons. The number of methoxy groups -OCH3 is 3. The van der Waals surface area contributed by atoms with Crippen LogP contribution >= 0.6 is 0 Å². The van der Waals surface area contributed by atoms with Crippen molar-refractivity contribution in [2.45, 2.75) is 18.0 Å². The minimum atomic E-state index is -1.68. The Morgan fingerprint density at radius 3 is 2.07 bits per heavy atom. The average molecular weight is 573 g/mol. The van der Waals surface area contributed by atoms with Crippen LogP contribution in [-0.4, -0.2) is 55.9 Å². The van der Waals surface area contributed by atoms with Gasteiger partial charge < -0.3 is 14.2 Å². The Bertz CT molecular complexity index is 1790. The summed E-state index contributed by atoms with van der Waals surface area (Å²) in [6, 6.07) is 24.8. The number of hydrazone groups is 1. The Morgan fingerprint density at radius 1 is 0.767 bits per heavy atom. The molecule has 0 amide bonds. The maximum atomic E-state index is 14.9. The van der Waals surface area contributed by atoms with Crippen molar-refractivity contribution in [3.8, 4) is 17.2 Å². The highest BCUT2D eigenvalue weighted by molar-refractivity contribution is 6.31. The van der Waals surface area contributed by atoms with Crippen molar-refractivity contribution in [1.29, 1.82) is 0 Å². The Kier molecular flexibility index (Phi) is 6.16. The molecule has 1 aliphatic carbocycles. The Balaban J connectivity index is 1.54. The van der Waals surface area contributed by atoms with E-state index in [1.54, 1.807) is 85.1 Å². The number of fused-ring (bicyclic) bond motifs is 5. The quantitative estimate of drug-likeness (QED) is 0.222. The van der Waals surface area contributed by atoms with Gasteiger partial charge in [-0.15, -0.1) is 0 Å². The third-order valence-electron chi connectivity index (χ3n) is 8.99. The van der Waals surface area contributed by atoms with Crippen LogP contribution in [0.15, 0.2) is 96.1 Å². The molecule has 0 N–H and O–H groups in total. The van der Waals surface area contributed by atoms with Crippen LogP contribution in [0, 0.1) is 5.41 Å². The lowest BCUT2D eigenvalue weighted by Gasteiger charge is -2.36. The molecule has 214 valence electrons. The van der Waals surface area contributed by atoms with Crippen molar-refractivity contribution >= 4 is 23.6 Å². The second-order valence-electron chi connectivity index (χ2n) is 10.9. The van der Waals surface area contributed by atoms with Crippen LogP contribution in [0.4, 0.5) is 0 Å². The molecule has 1 spiro atoms. The van der Waals surface area contributed by atoms with E-state index in [-0.39, 0.29) is 17.3 Å². The maximum absolute atomic E-state index is 14.9. The summed E-state index contributed by atoms with van der Waals surface area (Å²) in [7, 11) is 4.62. The fraction of sp³-hybridized carbons (Fsp3) is 0.200. The lowest BCUT2D eigenvalue weighted by molar-refractivity contribution is 0.0586. The largest absolute Gasteiger partial charge is 0.497 e. The van der Waals surface area contributed by atoms with Gasteiger partial charge in [0.15, 0.2) is 28.8 Å². The highest BCUT2D eigenvalue weighted by Crippen LogP contribution is 2.65. The number of hydrogen-bond acceptors (Lipinski definition) is 8. The second-order valence-corrected chi connectivity index (χ2v) is 10.9. The van der Waals surface area contributed by atoms with Crippen LogP contribution in [0.5, 0.6) is 17.2 Å². The molecule has 0 aromatic heterocycles. The zero-order valence-electron chi connectivity index (χ0n) is 23.8. The molecule has 3 aliphatic rings. The van der Waals surface area contributed by atoms with E-state index in [1.165, 1.54) is 14.2 Å². The predicted octanol–water partition coefficient (Wildman–Crippen LogP) is 5.52. The lowest BCUT2D eigenvalue weighted by atomic mass is 9.63. The number of carbonyl (C=O) groups excluding carboxylic acids is 3. The number of ether oxygens (including phenoxy) is 3. The molecule has 43 heavy (non-hydrogen) atoms. The van der Waals surface area contributed by atoms with E-state index in [9.17, 15) is 14.4 Å². The van der Waals surface area contributed by atoms with Crippen LogP contribution in [0.3, 0.4) is 0 Å². The molecule has 1 fully saturated rings. The number of rotatable bonds is 6. The summed E-state index contributed by atoms with van der Waals surface area (Å²) in [5, 5.41) is 6.48.